The van der Waals surface area contributed by atoms with Gasteiger partial charge in [0.2, 0.25) is 11.8 Å². The zero-order valence-corrected chi connectivity index (χ0v) is 25.7. The van der Waals surface area contributed by atoms with Crippen LogP contribution in [-0.2, 0) is 26.2 Å². The Kier molecular flexibility index (Phi) is 10.8. The van der Waals surface area contributed by atoms with Crippen LogP contribution in [-0.4, -0.2) is 49.9 Å². The highest BCUT2D eigenvalue weighted by atomic mass is 35.5. The van der Waals surface area contributed by atoms with Gasteiger partial charge in [-0.1, -0.05) is 48.9 Å². The minimum atomic E-state index is -4.14. The van der Waals surface area contributed by atoms with Crippen LogP contribution in [0.5, 0.6) is 5.75 Å². The summed E-state index contributed by atoms with van der Waals surface area (Å²) in [6, 6.07) is 20.6. The van der Waals surface area contributed by atoms with E-state index in [4.69, 9.17) is 16.3 Å². The van der Waals surface area contributed by atoms with Crippen LogP contribution in [0.3, 0.4) is 0 Å². The van der Waals surface area contributed by atoms with Crippen LogP contribution in [0.25, 0.3) is 0 Å². The Balaban J connectivity index is 2.05. The van der Waals surface area contributed by atoms with E-state index in [0.29, 0.717) is 29.5 Å². The van der Waals surface area contributed by atoms with Gasteiger partial charge in [0.15, 0.2) is 0 Å². The molecular formula is C31H38ClN3O5S. The van der Waals surface area contributed by atoms with E-state index in [2.05, 4.69) is 5.32 Å². The number of amides is 2. The van der Waals surface area contributed by atoms with Crippen molar-refractivity contribution in [1.82, 2.24) is 10.2 Å². The molecule has 1 atom stereocenters. The van der Waals surface area contributed by atoms with Gasteiger partial charge in [-0.15, -0.1) is 0 Å². The summed E-state index contributed by atoms with van der Waals surface area (Å²) < 4.78 is 34.4. The fourth-order valence-corrected chi connectivity index (χ4v) is 5.84. The molecule has 0 radical (unpaired) electrons. The van der Waals surface area contributed by atoms with Crippen LogP contribution < -0.4 is 14.4 Å². The Bertz CT molecular complexity index is 1410. The Morgan fingerprint density at radius 3 is 2.07 bits per heavy atom. The van der Waals surface area contributed by atoms with Gasteiger partial charge in [0, 0.05) is 17.1 Å². The summed E-state index contributed by atoms with van der Waals surface area (Å²) in [5.74, 6) is -0.265. The molecule has 0 aliphatic heterocycles. The van der Waals surface area contributed by atoms with Gasteiger partial charge in [-0.2, -0.15) is 0 Å². The number of benzene rings is 3. The molecule has 0 aliphatic carbocycles. The molecule has 10 heteroatoms. The molecule has 3 aromatic rings. The van der Waals surface area contributed by atoms with Crippen molar-refractivity contribution in [2.24, 2.45) is 0 Å². The van der Waals surface area contributed by atoms with Crippen LogP contribution in [0.2, 0.25) is 5.02 Å². The molecule has 1 N–H and O–H groups in total. The quantitative estimate of drug-likeness (QED) is 0.290. The molecule has 0 saturated carbocycles. The van der Waals surface area contributed by atoms with Gasteiger partial charge in [0.25, 0.3) is 10.0 Å². The van der Waals surface area contributed by atoms with E-state index in [1.54, 1.807) is 66.7 Å². The maximum absolute atomic E-state index is 14.1. The molecule has 220 valence electrons. The topological polar surface area (TPSA) is 96.0 Å². The first kappa shape index (κ1) is 32.0. The third kappa shape index (κ3) is 8.71. The lowest BCUT2D eigenvalue weighted by Crippen LogP contribution is -2.55. The number of nitrogens with one attached hydrogen (secondary N) is 1. The molecule has 0 fully saturated rings. The van der Waals surface area contributed by atoms with E-state index in [0.717, 1.165) is 9.87 Å². The second-order valence-electron chi connectivity index (χ2n) is 10.6. The highest BCUT2D eigenvalue weighted by Crippen LogP contribution is 2.27. The summed E-state index contributed by atoms with van der Waals surface area (Å²) in [5.41, 5.74) is 0.525. The monoisotopic (exact) mass is 599 g/mol. The van der Waals surface area contributed by atoms with Crippen molar-refractivity contribution in [2.75, 3.05) is 17.5 Å². The number of ether oxygens (including phenoxy) is 1. The van der Waals surface area contributed by atoms with E-state index < -0.39 is 34.1 Å². The predicted molar refractivity (Wildman–Crippen MR) is 163 cm³/mol. The van der Waals surface area contributed by atoms with Crippen molar-refractivity contribution in [2.45, 2.75) is 64.1 Å². The average molecular weight is 600 g/mol. The number of nitrogens with zero attached hydrogens (tertiary/aromatic N) is 2. The molecule has 0 bridgehead atoms. The fourth-order valence-electron chi connectivity index (χ4n) is 4.28. The van der Waals surface area contributed by atoms with E-state index in [9.17, 15) is 18.0 Å². The third-order valence-electron chi connectivity index (χ3n) is 6.20. The number of carbonyl (C=O) groups is 2. The molecular weight excluding hydrogens is 562 g/mol. The van der Waals surface area contributed by atoms with Crippen LogP contribution in [0.1, 0.15) is 46.6 Å². The van der Waals surface area contributed by atoms with Crippen molar-refractivity contribution in [1.29, 1.82) is 0 Å². The Morgan fingerprint density at radius 2 is 1.54 bits per heavy atom. The van der Waals surface area contributed by atoms with Crippen molar-refractivity contribution in [3.8, 4) is 5.75 Å². The molecule has 0 saturated heterocycles. The molecule has 0 aromatic heterocycles. The molecule has 0 aliphatic rings. The number of anilines is 1. The lowest BCUT2D eigenvalue weighted by atomic mass is 10.1. The molecule has 0 heterocycles. The molecule has 0 spiro atoms. The Morgan fingerprint density at radius 1 is 0.927 bits per heavy atom. The third-order valence-corrected chi connectivity index (χ3v) is 8.24. The number of halogens is 1. The van der Waals surface area contributed by atoms with Gasteiger partial charge < -0.3 is 15.0 Å². The number of hydrogen-bond acceptors (Lipinski definition) is 5. The maximum Gasteiger partial charge on any atom is 0.264 e. The SMILES string of the molecule is CCOc1ccc(N(CC(=O)N(Cc2ccc(Cl)cc2)[C@@H](CC)C(=O)NC(C)(C)C)S(=O)(=O)c2ccccc2)cc1. The summed E-state index contributed by atoms with van der Waals surface area (Å²) in [6.07, 6.45) is 0.329. The first-order valence-corrected chi connectivity index (χ1v) is 15.3. The van der Waals surface area contributed by atoms with Gasteiger partial charge in [-0.05, 0) is 88.2 Å². The molecule has 3 aromatic carbocycles. The standard InChI is InChI=1S/C31H38ClN3O5S/c1-6-28(30(37)33-31(3,4)5)34(21-23-13-15-24(32)16-14-23)29(36)22-35(25-17-19-26(20-18-25)40-7-2)41(38,39)27-11-9-8-10-12-27/h8-20,28H,6-7,21-22H2,1-5H3,(H,33,37)/t28-/m0/s1. The lowest BCUT2D eigenvalue weighted by Gasteiger charge is -2.34. The van der Waals surface area contributed by atoms with Crippen molar-refractivity contribution in [3.63, 3.8) is 0 Å². The lowest BCUT2D eigenvalue weighted by molar-refractivity contribution is -0.141. The van der Waals surface area contributed by atoms with Gasteiger partial charge in [0.1, 0.15) is 18.3 Å². The predicted octanol–water partition coefficient (Wildman–Crippen LogP) is 5.66. The summed E-state index contributed by atoms with van der Waals surface area (Å²) >= 11 is 6.07. The minimum Gasteiger partial charge on any atom is -0.494 e. The van der Waals surface area contributed by atoms with Crippen LogP contribution >= 0.6 is 11.6 Å². The van der Waals surface area contributed by atoms with E-state index >= 15 is 0 Å². The first-order chi connectivity index (χ1) is 19.4. The Labute approximate surface area is 248 Å². The zero-order chi connectivity index (χ0) is 30.2. The van der Waals surface area contributed by atoms with Gasteiger partial charge in [-0.25, -0.2) is 8.42 Å². The second-order valence-corrected chi connectivity index (χ2v) is 12.9. The molecule has 41 heavy (non-hydrogen) atoms. The molecule has 2 amide bonds. The van der Waals surface area contributed by atoms with Crippen molar-refractivity contribution in [3.05, 3.63) is 89.4 Å². The number of hydrogen-bond donors (Lipinski definition) is 1. The molecule has 3 rings (SSSR count). The normalized spacial score (nSPS) is 12.3. The van der Waals surface area contributed by atoms with Crippen LogP contribution in [0.15, 0.2) is 83.8 Å². The largest absolute Gasteiger partial charge is 0.494 e. The van der Waals surface area contributed by atoms with Gasteiger partial charge in [0.05, 0.1) is 17.2 Å². The second kappa shape index (κ2) is 13.9. The van der Waals surface area contributed by atoms with Crippen LogP contribution in [0.4, 0.5) is 5.69 Å². The first-order valence-electron chi connectivity index (χ1n) is 13.5. The minimum absolute atomic E-state index is 0.0449. The maximum atomic E-state index is 14.1. The summed E-state index contributed by atoms with van der Waals surface area (Å²) in [5, 5.41) is 3.50. The van der Waals surface area contributed by atoms with Crippen LogP contribution in [0, 0.1) is 0 Å². The average Bonchev–Trinajstić information content (AvgIpc) is 2.92. The highest BCUT2D eigenvalue weighted by molar-refractivity contribution is 7.92. The van der Waals surface area contributed by atoms with E-state index in [-0.39, 0.29) is 17.3 Å². The number of rotatable bonds is 12. The van der Waals surface area contributed by atoms with E-state index in [1.165, 1.54) is 17.0 Å². The fraction of sp³-hybridized carbons (Fsp3) is 0.355. The van der Waals surface area contributed by atoms with Gasteiger partial charge >= 0.3 is 0 Å². The van der Waals surface area contributed by atoms with E-state index in [1.807, 2.05) is 34.6 Å². The van der Waals surface area contributed by atoms with Crippen molar-refractivity contribution >= 4 is 39.1 Å². The number of sulfonamides is 1. The van der Waals surface area contributed by atoms with Crippen molar-refractivity contribution < 1.29 is 22.7 Å². The highest BCUT2D eigenvalue weighted by Gasteiger charge is 2.34. The molecule has 0 unspecified atom stereocenters. The summed E-state index contributed by atoms with van der Waals surface area (Å²) in [7, 11) is -4.14. The Hall–Kier alpha value is -3.56. The zero-order valence-electron chi connectivity index (χ0n) is 24.1. The number of carbonyl (C=O) groups excluding carboxylic acids is 2. The van der Waals surface area contributed by atoms with Gasteiger partial charge in [-0.3, -0.25) is 13.9 Å². The smallest absolute Gasteiger partial charge is 0.264 e. The summed E-state index contributed by atoms with van der Waals surface area (Å²) in [4.78, 5) is 29.0. The molecule has 8 nitrogen and oxygen atoms in total. The summed E-state index contributed by atoms with van der Waals surface area (Å²) in [6.45, 7) is 9.30.